The van der Waals surface area contributed by atoms with Gasteiger partial charge in [-0.05, 0) is 43.4 Å². The number of nitrogens with one attached hydrogen (secondary N) is 2. The molecule has 0 amide bonds. The van der Waals surface area contributed by atoms with Crippen LogP contribution in [0.3, 0.4) is 0 Å². The van der Waals surface area contributed by atoms with Crippen LogP contribution in [0.15, 0.2) is 41.8 Å². The van der Waals surface area contributed by atoms with Gasteiger partial charge in [0.1, 0.15) is 22.4 Å². The van der Waals surface area contributed by atoms with Crippen molar-refractivity contribution in [3.05, 3.63) is 69.1 Å². The van der Waals surface area contributed by atoms with Gasteiger partial charge in [0, 0.05) is 23.2 Å². The number of halogens is 1. The lowest BCUT2D eigenvalue weighted by molar-refractivity contribution is 0.899. The Kier molecular flexibility index (Phi) is 5.29. The van der Waals surface area contributed by atoms with E-state index in [4.69, 9.17) is 27.4 Å². The van der Waals surface area contributed by atoms with Gasteiger partial charge in [-0.15, -0.1) is 11.3 Å². The van der Waals surface area contributed by atoms with E-state index in [1.54, 1.807) is 24.3 Å². The molecule has 0 fully saturated rings. The third-order valence-electron chi connectivity index (χ3n) is 4.80. The summed E-state index contributed by atoms with van der Waals surface area (Å²) >= 11 is 7.55. The van der Waals surface area contributed by atoms with E-state index in [1.165, 1.54) is 11.3 Å². The highest BCUT2D eigenvalue weighted by molar-refractivity contribution is 7.17. The summed E-state index contributed by atoms with van der Waals surface area (Å²) in [5.74, 6) is 6.97. The fourth-order valence-corrected chi connectivity index (χ4v) is 4.64. The topological polar surface area (TPSA) is 81.1 Å². The van der Waals surface area contributed by atoms with Crippen LogP contribution in [0, 0.1) is 29.6 Å². The van der Waals surface area contributed by atoms with Gasteiger partial charge in [0.2, 0.25) is 0 Å². The molecular weight excluding hydrogens is 416 g/mol. The van der Waals surface area contributed by atoms with Crippen molar-refractivity contribution in [2.45, 2.75) is 13.8 Å². The third kappa shape index (κ3) is 3.56. The highest BCUT2D eigenvalue weighted by Crippen LogP contribution is 2.39. The molecular formula is C22H19ClN6S. The molecule has 1 aliphatic heterocycles. The number of aryl methyl sites for hydroxylation is 1. The smallest absolute Gasteiger partial charge is 0.129 e. The van der Waals surface area contributed by atoms with Gasteiger partial charge in [0.05, 0.1) is 29.7 Å². The van der Waals surface area contributed by atoms with Crippen LogP contribution in [-0.4, -0.2) is 33.5 Å². The maximum Gasteiger partial charge on any atom is 0.129 e. The summed E-state index contributed by atoms with van der Waals surface area (Å²) in [7, 11) is 1.90. The number of hydrogen-bond acceptors (Lipinski definition) is 5. The van der Waals surface area contributed by atoms with Crippen LogP contribution in [-0.2, 0) is 7.05 Å². The van der Waals surface area contributed by atoms with Gasteiger partial charge < -0.3 is 4.57 Å². The predicted octanol–water partition coefficient (Wildman–Crippen LogP) is 4.48. The van der Waals surface area contributed by atoms with Crippen molar-refractivity contribution in [2.75, 3.05) is 11.4 Å². The Morgan fingerprint density at radius 1 is 1.23 bits per heavy atom. The summed E-state index contributed by atoms with van der Waals surface area (Å²) in [6.07, 6.45) is 3.44. The van der Waals surface area contributed by atoms with Gasteiger partial charge in [-0.25, -0.2) is 4.98 Å². The maximum atomic E-state index is 8.47. The van der Waals surface area contributed by atoms with Crippen LogP contribution >= 0.6 is 22.9 Å². The molecule has 2 N–H and O–H groups in total. The molecule has 30 heavy (non-hydrogen) atoms. The van der Waals surface area contributed by atoms with Crippen molar-refractivity contribution in [3.63, 3.8) is 0 Å². The van der Waals surface area contributed by atoms with E-state index >= 15 is 0 Å². The number of fused-ring (bicyclic) bond motifs is 1. The van der Waals surface area contributed by atoms with Gasteiger partial charge in [0.25, 0.3) is 0 Å². The Morgan fingerprint density at radius 2 is 1.97 bits per heavy atom. The van der Waals surface area contributed by atoms with Crippen LogP contribution in [0.2, 0.25) is 5.02 Å². The number of aliphatic imine (C=N–C) groups is 1. The molecule has 0 radical (unpaired) electrons. The van der Waals surface area contributed by atoms with Crippen molar-refractivity contribution in [2.24, 2.45) is 12.0 Å². The summed E-state index contributed by atoms with van der Waals surface area (Å²) in [6.45, 7) is 3.90. The monoisotopic (exact) mass is 434 g/mol. The zero-order valence-corrected chi connectivity index (χ0v) is 18.3. The highest BCUT2D eigenvalue weighted by atomic mass is 35.5. The SMILES string of the molecule is CC(=N)N1C(=N)CN=C(c2ccc(Cl)cc2)c2c1sc(C#Cc1cncn1C)c2C. The van der Waals surface area contributed by atoms with Crippen LogP contribution in [0.4, 0.5) is 5.00 Å². The van der Waals surface area contributed by atoms with Crippen LogP contribution in [0.5, 0.6) is 0 Å². The number of benzene rings is 1. The van der Waals surface area contributed by atoms with Gasteiger partial charge in [0.15, 0.2) is 0 Å². The first-order valence-corrected chi connectivity index (χ1v) is 10.4. The lowest BCUT2D eigenvalue weighted by atomic mass is 9.99. The lowest BCUT2D eigenvalue weighted by Crippen LogP contribution is -2.35. The number of imidazole rings is 1. The summed E-state index contributed by atoms with van der Waals surface area (Å²) in [5.41, 5.74) is 4.42. The molecule has 1 aromatic carbocycles. The molecule has 2 aromatic heterocycles. The van der Waals surface area contributed by atoms with Crippen molar-refractivity contribution in [1.82, 2.24) is 9.55 Å². The van der Waals surface area contributed by atoms with E-state index < -0.39 is 0 Å². The average molecular weight is 435 g/mol. The van der Waals surface area contributed by atoms with Gasteiger partial charge in [-0.1, -0.05) is 23.7 Å². The molecule has 0 saturated carbocycles. The second-order valence-corrected chi connectivity index (χ2v) is 8.35. The minimum absolute atomic E-state index is 0.199. The second-order valence-electron chi connectivity index (χ2n) is 6.92. The predicted molar refractivity (Wildman–Crippen MR) is 124 cm³/mol. The molecule has 1 aliphatic rings. The molecule has 0 saturated heterocycles. The first-order valence-electron chi connectivity index (χ1n) is 9.22. The molecule has 3 heterocycles. The van der Waals surface area contributed by atoms with Gasteiger partial charge >= 0.3 is 0 Å². The number of aromatic nitrogens is 2. The second kappa shape index (κ2) is 7.90. The van der Waals surface area contributed by atoms with E-state index in [-0.39, 0.29) is 18.2 Å². The molecule has 0 atom stereocenters. The molecule has 8 heteroatoms. The molecule has 6 nitrogen and oxygen atoms in total. The van der Waals surface area contributed by atoms with Crippen molar-refractivity contribution >= 4 is 45.3 Å². The summed E-state index contributed by atoms with van der Waals surface area (Å²) < 4.78 is 1.87. The van der Waals surface area contributed by atoms with Crippen LogP contribution in [0.1, 0.15) is 34.2 Å². The van der Waals surface area contributed by atoms with Crippen LogP contribution in [0.25, 0.3) is 0 Å². The number of hydrogen-bond donors (Lipinski definition) is 2. The van der Waals surface area contributed by atoms with E-state index in [9.17, 15) is 0 Å². The zero-order valence-electron chi connectivity index (χ0n) is 16.7. The van der Waals surface area contributed by atoms with E-state index in [1.807, 2.05) is 42.8 Å². The first kappa shape index (κ1) is 20.1. The van der Waals surface area contributed by atoms with Crippen LogP contribution < -0.4 is 4.90 Å². The van der Waals surface area contributed by atoms with E-state index in [0.29, 0.717) is 5.02 Å². The highest BCUT2D eigenvalue weighted by Gasteiger charge is 2.29. The standard InChI is InChI=1S/C22H19ClN6S/c1-13-18(9-8-17-10-26-12-28(17)3)30-22-20(13)21(15-4-6-16(23)7-5-15)27-11-19(25)29(22)14(2)24/h4-7,10,12,24-25H,11H2,1-3H3. The number of nitrogens with zero attached hydrogens (tertiary/aromatic N) is 4. The zero-order chi connectivity index (χ0) is 21.4. The van der Waals surface area contributed by atoms with Crippen molar-refractivity contribution < 1.29 is 0 Å². The average Bonchev–Trinajstić information content (AvgIpc) is 3.20. The number of amidine groups is 2. The molecule has 0 spiro atoms. The third-order valence-corrected chi connectivity index (χ3v) is 6.24. The summed E-state index contributed by atoms with van der Waals surface area (Å²) in [5, 5.41) is 18.2. The van der Waals surface area contributed by atoms with E-state index in [2.05, 4.69) is 16.8 Å². The van der Waals surface area contributed by atoms with Gasteiger partial charge in [-0.3, -0.25) is 20.7 Å². The molecule has 150 valence electrons. The molecule has 0 unspecified atom stereocenters. The largest absolute Gasteiger partial charge is 0.327 e. The number of thiophene rings is 1. The Bertz CT molecular complexity index is 1250. The maximum absolute atomic E-state index is 8.47. The minimum atomic E-state index is 0.199. The molecule has 0 aliphatic carbocycles. The normalized spacial score (nSPS) is 13.3. The Balaban J connectivity index is 1.91. The van der Waals surface area contributed by atoms with Gasteiger partial charge in [-0.2, -0.15) is 0 Å². The first-order chi connectivity index (χ1) is 14.4. The van der Waals surface area contributed by atoms with Crippen molar-refractivity contribution in [1.29, 1.82) is 10.8 Å². The lowest BCUT2D eigenvalue weighted by Gasteiger charge is -2.20. The Labute approximate surface area is 183 Å². The van der Waals surface area contributed by atoms with E-state index in [0.717, 1.165) is 38.0 Å². The van der Waals surface area contributed by atoms with Crippen molar-refractivity contribution in [3.8, 4) is 11.8 Å². The summed E-state index contributed by atoms with van der Waals surface area (Å²) in [6, 6.07) is 7.53. The Morgan fingerprint density at radius 3 is 2.60 bits per heavy atom. The quantitative estimate of drug-likeness (QED) is 0.336. The Hall–Kier alpha value is -3.21. The number of rotatable bonds is 1. The minimum Gasteiger partial charge on any atom is -0.327 e. The molecule has 3 aromatic rings. The molecule has 0 bridgehead atoms. The fraction of sp³-hybridized carbons (Fsp3) is 0.182. The summed E-state index contributed by atoms with van der Waals surface area (Å²) in [4.78, 5) is 11.4. The number of anilines is 1. The fourth-order valence-electron chi connectivity index (χ4n) is 3.28. The molecule has 4 rings (SSSR count).